The molecule has 45 heavy (non-hydrogen) atoms. The van der Waals surface area contributed by atoms with Crippen LogP contribution in [0.15, 0.2) is 40.9 Å². The highest BCUT2D eigenvalue weighted by Gasteiger charge is 2.50. The number of nitrogens with zero attached hydrogens (tertiary/aromatic N) is 2. The zero-order valence-corrected chi connectivity index (χ0v) is 26.5. The summed E-state index contributed by atoms with van der Waals surface area (Å²) in [4.78, 5) is 55.5. The molecule has 2 fully saturated rings. The number of benzene rings is 1. The molecule has 3 N–H and O–H groups in total. The summed E-state index contributed by atoms with van der Waals surface area (Å²) in [6.07, 6.45) is 1.16. The monoisotopic (exact) mass is 627 g/mol. The van der Waals surface area contributed by atoms with Crippen molar-refractivity contribution in [3.63, 3.8) is 0 Å². The van der Waals surface area contributed by atoms with Crippen LogP contribution in [0, 0.1) is 5.92 Å². The molecular weight excluding hydrogens is 582 g/mol. The molecular formula is C32H45N5O8. The van der Waals surface area contributed by atoms with Gasteiger partial charge in [0.05, 0.1) is 39.0 Å². The smallest absolute Gasteiger partial charge is 0.274 e. The van der Waals surface area contributed by atoms with Crippen LogP contribution in [-0.4, -0.2) is 104 Å². The highest BCUT2D eigenvalue weighted by atomic mass is 16.6. The number of ketones is 1. The van der Waals surface area contributed by atoms with E-state index in [9.17, 15) is 19.2 Å². The van der Waals surface area contributed by atoms with Gasteiger partial charge in [0, 0.05) is 26.3 Å². The molecule has 0 spiro atoms. The van der Waals surface area contributed by atoms with Crippen molar-refractivity contribution in [2.75, 3.05) is 46.6 Å². The number of aryl methyl sites for hydroxylation is 1. The van der Waals surface area contributed by atoms with E-state index < -0.39 is 41.4 Å². The van der Waals surface area contributed by atoms with Crippen molar-refractivity contribution < 1.29 is 37.9 Å². The largest absolute Gasteiger partial charge is 0.382 e. The Hall–Kier alpha value is -3.65. The van der Waals surface area contributed by atoms with Crippen molar-refractivity contribution >= 4 is 23.5 Å². The van der Waals surface area contributed by atoms with Crippen LogP contribution in [0.25, 0.3) is 0 Å². The Kier molecular flexibility index (Phi) is 12.2. The lowest BCUT2D eigenvalue weighted by Gasteiger charge is -2.26. The predicted octanol–water partition coefficient (Wildman–Crippen LogP) is 1.26. The number of carbonyl (C=O) groups is 4. The summed E-state index contributed by atoms with van der Waals surface area (Å²) in [5, 5.41) is 12.2. The van der Waals surface area contributed by atoms with Gasteiger partial charge < -0.3 is 34.7 Å². The lowest BCUT2D eigenvalue weighted by atomic mass is 9.93. The zero-order valence-electron chi connectivity index (χ0n) is 26.5. The van der Waals surface area contributed by atoms with Gasteiger partial charge in [-0.15, -0.1) is 0 Å². The number of methoxy groups -OCH3 is 1. The van der Waals surface area contributed by atoms with E-state index in [1.807, 2.05) is 44.2 Å². The van der Waals surface area contributed by atoms with Gasteiger partial charge in [-0.25, -0.2) is 0 Å². The first kappa shape index (κ1) is 34.2. The number of Topliss-reactive ketones (excluding diaryl/α,β-unsaturated/α-hetero) is 1. The third kappa shape index (κ3) is 10.2. The van der Waals surface area contributed by atoms with Gasteiger partial charge in [0.15, 0.2) is 17.2 Å². The third-order valence-corrected chi connectivity index (χ3v) is 7.87. The maximum Gasteiger partial charge on any atom is 0.274 e. The molecule has 1 aromatic heterocycles. The quantitative estimate of drug-likeness (QED) is 0.218. The average molecular weight is 628 g/mol. The van der Waals surface area contributed by atoms with Gasteiger partial charge in [-0.1, -0.05) is 49.3 Å². The molecule has 1 aromatic carbocycles. The molecule has 0 saturated carbocycles. The van der Waals surface area contributed by atoms with Crippen LogP contribution in [0.5, 0.6) is 0 Å². The van der Waals surface area contributed by atoms with Crippen LogP contribution >= 0.6 is 0 Å². The Morgan fingerprint density at radius 3 is 2.31 bits per heavy atom. The second-order valence-electron chi connectivity index (χ2n) is 12.2. The van der Waals surface area contributed by atoms with Crippen molar-refractivity contribution in [2.24, 2.45) is 5.92 Å². The summed E-state index contributed by atoms with van der Waals surface area (Å²) >= 11 is 0. The van der Waals surface area contributed by atoms with Gasteiger partial charge in [-0.2, -0.15) is 0 Å². The lowest BCUT2D eigenvalue weighted by molar-refractivity contribution is -0.134. The second-order valence-corrected chi connectivity index (χ2v) is 12.2. The van der Waals surface area contributed by atoms with Crippen LogP contribution < -0.4 is 16.0 Å². The number of epoxide rings is 1. The molecule has 2 saturated heterocycles. The van der Waals surface area contributed by atoms with Crippen molar-refractivity contribution in [3.8, 4) is 0 Å². The van der Waals surface area contributed by atoms with Gasteiger partial charge >= 0.3 is 0 Å². The molecule has 0 bridgehead atoms. The van der Waals surface area contributed by atoms with Crippen molar-refractivity contribution in [3.05, 3.63) is 53.4 Å². The number of nitrogens with one attached hydrogen (secondary N) is 3. The molecule has 4 atom stereocenters. The molecule has 2 aliphatic rings. The van der Waals surface area contributed by atoms with Gasteiger partial charge in [0.2, 0.25) is 11.8 Å². The van der Waals surface area contributed by atoms with E-state index in [2.05, 4.69) is 26.0 Å². The van der Waals surface area contributed by atoms with Crippen LogP contribution in [-0.2, 0) is 41.6 Å². The van der Waals surface area contributed by atoms with E-state index in [4.69, 9.17) is 18.7 Å². The van der Waals surface area contributed by atoms with E-state index in [1.165, 1.54) is 7.11 Å². The van der Waals surface area contributed by atoms with Crippen LogP contribution in [0.1, 0.15) is 55.4 Å². The fourth-order valence-corrected chi connectivity index (χ4v) is 5.15. The van der Waals surface area contributed by atoms with Crippen LogP contribution in [0.4, 0.5) is 0 Å². The molecule has 2 aliphatic heterocycles. The summed E-state index contributed by atoms with van der Waals surface area (Å²) in [6.45, 7) is 9.02. The maximum absolute atomic E-state index is 13.6. The van der Waals surface area contributed by atoms with Crippen molar-refractivity contribution in [2.45, 2.75) is 70.3 Å². The fraction of sp³-hybridized carbons (Fsp3) is 0.594. The predicted molar refractivity (Wildman–Crippen MR) is 163 cm³/mol. The number of carbonyl (C=O) groups excluding carboxylic acids is 4. The third-order valence-electron chi connectivity index (χ3n) is 7.87. The van der Waals surface area contributed by atoms with Gasteiger partial charge in [-0.05, 0) is 37.7 Å². The minimum absolute atomic E-state index is 0.0489. The number of morpholine rings is 1. The standard InChI is InChI=1S/C32H45N5O8/c1-21(2)16-25(28(38)32(3)20-44-32)34-31(41)27(19-42-4)35-29(39)24(11-10-22-8-6-5-7-9-22)33-30(40)26-17-23(45-36-26)18-37-12-14-43-15-13-37/h5-9,17,21,24-25,27H,10-16,18-20H2,1-4H3,(H,33,40)(H,34,41)(H,35,39)/t24-,25-,27-,32+/m0/s1. The molecule has 3 heterocycles. The summed E-state index contributed by atoms with van der Waals surface area (Å²) in [5.74, 6) is -1.27. The number of rotatable bonds is 17. The Labute approximate surface area is 263 Å². The SMILES string of the molecule is COC[C@H](NC(=O)[C@H](CCc1ccccc1)NC(=O)c1cc(CN2CCOCC2)on1)C(=O)N[C@@H](CC(C)C)C(=O)[C@@]1(C)CO1. The molecule has 3 amide bonds. The van der Waals surface area contributed by atoms with Crippen LogP contribution in [0.2, 0.25) is 0 Å². The molecule has 2 aromatic rings. The molecule has 246 valence electrons. The molecule has 13 nitrogen and oxygen atoms in total. The number of aromatic nitrogens is 1. The highest BCUT2D eigenvalue weighted by molar-refractivity contribution is 5.99. The summed E-state index contributed by atoms with van der Waals surface area (Å²) in [7, 11) is 1.41. The molecule has 13 heteroatoms. The number of hydrogen-bond acceptors (Lipinski definition) is 10. The minimum atomic E-state index is -1.11. The summed E-state index contributed by atoms with van der Waals surface area (Å²) in [5.41, 5.74) is 0.117. The molecule has 4 rings (SSSR count). The summed E-state index contributed by atoms with van der Waals surface area (Å²) < 4.78 is 21.4. The normalized spacial score (nSPS) is 20.2. The first-order valence-electron chi connectivity index (χ1n) is 15.5. The number of hydrogen-bond donors (Lipinski definition) is 3. The Morgan fingerprint density at radius 1 is 1.00 bits per heavy atom. The maximum atomic E-state index is 13.6. The fourth-order valence-electron chi connectivity index (χ4n) is 5.15. The van der Waals surface area contributed by atoms with Gasteiger partial charge in [0.1, 0.15) is 17.7 Å². The molecule has 0 unspecified atom stereocenters. The number of ether oxygens (including phenoxy) is 3. The first-order chi connectivity index (χ1) is 21.6. The van der Waals surface area contributed by atoms with Crippen molar-refractivity contribution in [1.29, 1.82) is 0 Å². The Morgan fingerprint density at radius 2 is 1.67 bits per heavy atom. The highest BCUT2D eigenvalue weighted by Crippen LogP contribution is 2.29. The van der Waals surface area contributed by atoms with Crippen LogP contribution in [0.3, 0.4) is 0 Å². The minimum Gasteiger partial charge on any atom is -0.382 e. The van der Waals surface area contributed by atoms with Crippen molar-refractivity contribution in [1.82, 2.24) is 26.0 Å². The van der Waals surface area contributed by atoms with E-state index in [-0.39, 0.29) is 30.4 Å². The second kappa shape index (κ2) is 16.1. The first-order valence-corrected chi connectivity index (χ1v) is 15.5. The Bertz CT molecular complexity index is 1290. The van der Waals surface area contributed by atoms with E-state index in [0.29, 0.717) is 45.0 Å². The topological polar surface area (TPSA) is 165 Å². The molecule has 0 aliphatic carbocycles. The molecule has 0 radical (unpaired) electrons. The number of amides is 3. The van der Waals surface area contributed by atoms with E-state index in [1.54, 1.807) is 13.0 Å². The van der Waals surface area contributed by atoms with Gasteiger partial charge in [0.25, 0.3) is 5.91 Å². The van der Waals surface area contributed by atoms with E-state index >= 15 is 0 Å². The summed E-state index contributed by atoms with van der Waals surface area (Å²) in [6, 6.07) is 8.23. The zero-order chi connectivity index (χ0) is 32.4. The average Bonchev–Trinajstić information content (AvgIpc) is 3.61. The lowest BCUT2D eigenvalue weighted by Crippen LogP contribution is -2.58. The van der Waals surface area contributed by atoms with Gasteiger partial charge in [-0.3, -0.25) is 24.1 Å². The Balaban J connectivity index is 1.44. The van der Waals surface area contributed by atoms with E-state index in [0.717, 1.165) is 18.7 Å².